The minimum Gasteiger partial charge on any atom is -0.481 e. The summed E-state index contributed by atoms with van der Waals surface area (Å²) in [4.78, 5) is 45.7. The van der Waals surface area contributed by atoms with E-state index in [1.54, 1.807) is 16.8 Å². The molecular formula is C26H37FN6O7. The van der Waals surface area contributed by atoms with Crippen LogP contribution < -0.4 is 16.0 Å². The Morgan fingerprint density at radius 2 is 1.57 bits per heavy atom. The quantitative estimate of drug-likeness (QED) is 0.130. The maximum absolute atomic E-state index is 12.2. The summed E-state index contributed by atoms with van der Waals surface area (Å²) < 4.78 is 14.0. The molecule has 1 aromatic carbocycles. The molecular weight excluding hydrogens is 527 g/mol. The van der Waals surface area contributed by atoms with Gasteiger partial charge in [0.1, 0.15) is 12.1 Å². The lowest BCUT2D eigenvalue weighted by Gasteiger charge is -2.18. The van der Waals surface area contributed by atoms with Crippen LogP contribution in [0, 0.1) is 0 Å². The zero-order chi connectivity index (χ0) is 29.3. The standard InChI is InChI=1S/C26H37FN6O7/c27-13-5-6-20-17-33(32-31-20)15-4-2-1-3-14-28-19-9-7-18(8-10-19)16-22(25(38)39)30-26(40)29-21(24(36)37)11-12-23(34)35/h7-10,17,21-22,28H,1-6,11-16H2,(H,34,35)(H,36,37)(H,38,39)(H2,29,30,40)/t21-,22-/m0/s1. The number of nitrogens with zero attached hydrogens (tertiary/aromatic N) is 3. The molecule has 220 valence electrons. The minimum absolute atomic E-state index is 0.0288. The summed E-state index contributed by atoms with van der Waals surface area (Å²) in [6.45, 7) is 1.18. The molecule has 1 aromatic heterocycles. The Balaban J connectivity index is 1.69. The smallest absolute Gasteiger partial charge is 0.326 e. The molecule has 2 amide bonds. The summed E-state index contributed by atoms with van der Waals surface area (Å²) >= 11 is 0. The molecule has 0 aliphatic carbocycles. The van der Waals surface area contributed by atoms with Crippen LogP contribution in [0.5, 0.6) is 0 Å². The number of carboxylic acids is 3. The van der Waals surface area contributed by atoms with E-state index in [9.17, 15) is 28.7 Å². The predicted octanol–water partition coefficient (Wildman–Crippen LogP) is 2.47. The fraction of sp³-hybridized carbons (Fsp3) is 0.538. The first kappa shape index (κ1) is 32.0. The summed E-state index contributed by atoms with van der Waals surface area (Å²) in [5, 5.41) is 43.1. The van der Waals surface area contributed by atoms with Gasteiger partial charge in [0.2, 0.25) is 0 Å². The van der Waals surface area contributed by atoms with Gasteiger partial charge >= 0.3 is 23.9 Å². The van der Waals surface area contributed by atoms with E-state index in [-0.39, 0.29) is 19.5 Å². The molecule has 0 spiro atoms. The summed E-state index contributed by atoms with van der Waals surface area (Å²) in [5.41, 5.74) is 2.33. The van der Waals surface area contributed by atoms with Crippen molar-refractivity contribution in [1.82, 2.24) is 25.6 Å². The molecule has 0 saturated carbocycles. The first-order chi connectivity index (χ1) is 19.2. The normalized spacial score (nSPS) is 12.3. The molecule has 0 aliphatic rings. The minimum atomic E-state index is -1.46. The number of carbonyl (C=O) groups is 4. The van der Waals surface area contributed by atoms with Gasteiger partial charge in [-0.3, -0.25) is 13.9 Å². The summed E-state index contributed by atoms with van der Waals surface area (Å²) in [6, 6.07) is 3.32. The van der Waals surface area contributed by atoms with Crippen molar-refractivity contribution in [3.8, 4) is 0 Å². The monoisotopic (exact) mass is 564 g/mol. The molecule has 2 aromatic rings. The average molecular weight is 565 g/mol. The van der Waals surface area contributed by atoms with Crippen LogP contribution >= 0.6 is 0 Å². The Labute approximate surface area is 231 Å². The maximum atomic E-state index is 12.2. The van der Waals surface area contributed by atoms with Crippen LogP contribution in [0.3, 0.4) is 0 Å². The van der Waals surface area contributed by atoms with Crippen molar-refractivity contribution in [2.75, 3.05) is 18.5 Å². The van der Waals surface area contributed by atoms with Crippen molar-refractivity contribution >= 4 is 29.6 Å². The van der Waals surface area contributed by atoms with Crippen LogP contribution in [-0.2, 0) is 33.8 Å². The molecule has 13 nitrogen and oxygen atoms in total. The number of aliphatic carboxylic acids is 3. The van der Waals surface area contributed by atoms with Crippen molar-refractivity contribution < 1.29 is 38.9 Å². The van der Waals surface area contributed by atoms with E-state index in [1.165, 1.54) is 0 Å². The summed E-state index contributed by atoms with van der Waals surface area (Å²) in [7, 11) is 0. The summed E-state index contributed by atoms with van der Waals surface area (Å²) in [5.74, 6) is -3.92. The summed E-state index contributed by atoms with van der Waals surface area (Å²) in [6.07, 6.45) is 6.09. The second kappa shape index (κ2) is 17.4. The van der Waals surface area contributed by atoms with Crippen LogP contribution in [0.2, 0.25) is 0 Å². The first-order valence-electron chi connectivity index (χ1n) is 13.2. The number of anilines is 1. The Hall–Kier alpha value is -4.23. The third kappa shape index (κ3) is 12.5. The Kier molecular flexibility index (Phi) is 13.9. The van der Waals surface area contributed by atoms with Crippen LogP contribution in [0.4, 0.5) is 14.9 Å². The van der Waals surface area contributed by atoms with E-state index >= 15 is 0 Å². The van der Waals surface area contributed by atoms with E-state index in [2.05, 4.69) is 26.3 Å². The maximum Gasteiger partial charge on any atom is 0.326 e. The van der Waals surface area contributed by atoms with E-state index in [0.717, 1.165) is 50.2 Å². The fourth-order valence-electron chi connectivity index (χ4n) is 3.87. The number of urea groups is 1. The molecule has 0 fully saturated rings. The number of aromatic nitrogens is 3. The molecule has 6 N–H and O–H groups in total. The highest BCUT2D eigenvalue weighted by Gasteiger charge is 2.25. The number of rotatable bonds is 20. The van der Waals surface area contributed by atoms with Crippen LogP contribution in [0.1, 0.15) is 56.2 Å². The van der Waals surface area contributed by atoms with Crippen molar-refractivity contribution in [1.29, 1.82) is 0 Å². The number of carboxylic acid groups (broad SMARTS) is 3. The molecule has 1 heterocycles. The third-order valence-corrected chi connectivity index (χ3v) is 6.04. The lowest BCUT2D eigenvalue weighted by atomic mass is 10.1. The van der Waals surface area contributed by atoms with Gasteiger partial charge in [0.25, 0.3) is 0 Å². The van der Waals surface area contributed by atoms with Crippen molar-refractivity contribution in [2.24, 2.45) is 0 Å². The zero-order valence-corrected chi connectivity index (χ0v) is 22.2. The first-order valence-corrected chi connectivity index (χ1v) is 13.2. The van der Waals surface area contributed by atoms with Crippen LogP contribution in [0.15, 0.2) is 30.5 Å². The van der Waals surface area contributed by atoms with Gasteiger partial charge in [0.05, 0.1) is 12.4 Å². The highest BCUT2D eigenvalue weighted by molar-refractivity contribution is 5.86. The highest BCUT2D eigenvalue weighted by atomic mass is 19.1. The third-order valence-electron chi connectivity index (χ3n) is 6.04. The lowest BCUT2D eigenvalue weighted by Crippen LogP contribution is -2.51. The molecule has 0 saturated heterocycles. The average Bonchev–Trinajstić information content (AvgIpc) is 3.37. The van der Waals surface area contributed by atoms with E-state index in [1.807, 2.05) is 18.3 Å². The number of nitrogens with one attached hydrogen (secondary N) is 3. The number of hydrogen-bond donors (Lipinski definition) is 6. The molecule has 0 aliphatic heterocycles. The van der Waals surface area contributed by atoms with Gasteiger partial charge in [-0.05, 0) is 49.8 Å². The number of unbranched alkanes of at least 4 members (excludes halogenated alkanes) is 3. The molecule has 40 heavy (non-hydrogen) atoms. The Bertz CT molecular complexity index is 1100. The predicted molar refractivity (Wildman–Crippen MR) is 143 cm³/mol. The Morgan fingerprint density at radius 3 is 2.23 bits per heavy atom. The van der Waals surface area contributed by atoms with Gasteiger partial charge in [0.15, 0.2) is 0 Å². The van der Waals surface area contributed by atoms with Gasteiger partial charge in [-0.15, -0.1) is 5.10 Å². The van der Waals surface area contributed by atoms with Gasteiger partial charge in [-0.1, -0.05) is 30.2 Å². The molecule has 0 unspecified atom stereocenters. The molecule has 0 radical (unpaired) electrons. The number of alkyl halides is 1. The Morgan fingerprint density at radius 1 is 0.900 bits per heavy atom. The van der Waals surface area contributed by atoms with Gasteiger partial charge in [-0.2, -0.15) is 0 Å². The zero-order valence-electron chi connectivity index (χ0n) is 22.2. The largest absolute Gasteiger partial charge is 0.481 e. The van der Waals surface area contributed by atoms with Gasteiger partial charge in [-0.25, -0.2) is 14.4 Å². The molecule has 2 atom stereocenters. The second-order valence-corrected chi connectivity index (χ2v) is 9.34. The topological polar surface area (TPSA) is 196 Å². The highest BCUT2D eigenvalue weighted by Crippen LogP contribution is 2.12. The van der Waals surface area contributed by atoms with Crippen LogP contribution in [0.25, 0.3) is 0 Å². The number of amides is 2. The van der Waals surface area contributed by atoms with Crippen molar-refractivity contribution in [3.63, 3.8) is 0 Å². The van der Waals surface area contributed by atoms with Crippen LogP contribution in [-0.4, -0.2) is 79.6 Å². The molecule has 14 heteroatoms. The number of hydrogen-bond acceptors (Lipinski definition) is 7. The van der Waals surface area contributed by atoms with Crippen molar-refractivity contribution in [3.05, 3.63) is 41.7 Å². The number of carbonyl (C=O) groups excluding carboxylic acids is 1. The van der Waals surface area contributed by atoms with Gasteiger partial charge < -0.3 is 31.3 Å². The SMILES string of the molecule is O=C(O)CC[C@H](NC(=O)N[C@@H](Cc1ccc(NCCCCCCn2cc(CCCF)nn2)cc1)C(=O)O)C(=O)O. The lowest BCUT2D eigenvalue weighted by molar-refractivity contribution is -0.140. The van der Waals surface area contributed by atoms with E-state index in [4.69, 9.17) is 10.2 Å². The fourth-order valence-corrected chi connectivity index (χ4v) is 3.87. The second-order valence-electron chi connectivity index (χ2n) is 9.34. The number of halogens is 1. The number of benzene rings is 1. The molecule has 2 rings (SSSR count). The van der Waals surface area contributed by atoms with E-state index < -0.39 is 42.4 Å². The number of aryl methyl sites for hydroxylation is 2. The van der Waals surface area contributed by atoms with E-state index in [0.29, 0.717) is 18.4 Å². The molecule has 0 bridgehead atoms. The van der Waals surface area contributed by atoms with Crippen molar-refractivity contribution in [2.45, 2.75) is 76.4 Å². The van der Waals surface area contributed by atoms with Gasteiger partial charge in [0, 0.05) is 37.8 Å².